The molecule has 0 saturated carbocycles. The number of carbonyl (C=O) groups excluding carboxylic acids is 1. The van der Waals surface area contributed by atoms with Crippen LogP contribution in [-0.2, 0) is 6.18 Å². The third-order valence-corrected chi connectivity index (χ3v) is 4.32. The number of halogens is 3. The minimum Gasteiger partial charge on any atom is -0.339 e. The van der Waals surface area contributed by atoms with Crippen molar-refractivity contribution in [3.63, 3.8) is 0 Å². The highest BCUT2D eigenvalue weighted by Gasteiger charge is 2.30. The Morgan fingerprint density at radius 3 is 1.79 bits per heavy atom. The van der Waals surface area contributed by atoms with E-state index < -0.39 is 11.7 Å². The van der Waals surface area contributed by atoms with Gasteiger partial charge in [0.25, 0.3) is 5.91 Å². The van der Waals surface area contributed by atoms with Gasteiger partial charge in [0.2, 0.25) is 0 Å². The van der Waals surface area contributed by atoms with Crippen LogP contribution in [0.5, 0.6) is 0 Å². The van der Waals surface area contributed by atoms with Gasteiger partial charge in [-0.1, -0.05) is 24.3 Å². The van der Waals surface area contributed by atoms with Gasteiger partial charge in [-0.25, -0.2) is 0 Å². The molecule has 5 heteroatoms. The molecule has 2 aromatic rings. The Bertz CT molecular complexity index is 699. The summed E-state index contributed by atoms with van der Waals surface area (Å²) in [5.41, 5.74) is 1.44. The van der Waals surface area contributed by atoms with Crippen LogP contribution < -0.4 is 0 Å². The summed E-state index contributed by atoms with van der Waals surface area (Å²) in [4.78, 5) is 14.3. The minimum atomic E-state index is -4.33. The van der Waals surface area contributed by atoms with E-state index in [2.05, 4.69) is 0 Å². The highest BCUT2D eigenvalue weighted by Crippen LogP contribution is 2.31. The smallest absolute Gasteiger partial charge is 0.339 e. The molecule has 3 rings (SSSR count). The molecular formula is C19H18F3NO. The van der Waals surface area contributed by atoms with Gasteiger partial charge in [-0.05, 0) is 54.7 Å². The highest BCUT2D eigenvalue weighted by atomic mass is 19.4. The molecule has 1 saturated heterocycles. The molecule has 0 unspecified atom stereocenters. The van der Waals surface area contributed by atoms with E-state index in [9.17, 15) is 18.0 Å². The molecule has 1 aliphatic rings. The second-order valence-electron chi connectivity index (χ2n) is 6.01. The predicted octanol–water partition coefficient (Wildman–Crippen LogP) is 5.00. The normalized spacial score (nSPS) is 15.4. The van der Waals surface area contributed by atoms with Crippen LogP contribution in [0, 0.1) is 0 Å². The summed E-state index contributed by atoms with van der Waals surface area (Å²) < 4.78 is 37.8. The number of piperidine rings is 1. The van der Waals surface area contributed by atoms with E-state index in [1.165, 1.54) is 12.1 Å². The first-order valence-electron chi connectivity index (χ1n) is 8.02. The first-order valence-corrected chi connectivity index (χ1v) is 8.02. The largest absolute Gasteiger partial charge is 0.416 e. The molecule has 0 spiro atoms. The summed E-state index contributed by atoms with van der Waals surface area (Å²) in [5.74, 6) is 0.0219. The van der Waals surface area contributed by atoms with Crippen molar-refractivity contribution in [2.45, 2.75) is 25.4 Å². The fraction of sp³-hybridized carbons (Fsp3) is 0.316. The maximum Gasteiger partial charge on any atom is 0.416 e. The van der Waals surface area contributed by atoms with Crippen LogP contribution in [0.2, 0.25) is 0 Å². The zero-order chi connectivity index (χ0) is 17.2. The summed E-state index contributed by atoms with van der Waals surface area (Å²) in [6.07, 6.45) is -1.09. The van der Waals surface area contributed by atoms with E-state index >= 15 is 0 Å². The average molecular weight is 333 g/mol. The lowest BCUT2D eigenvalue weighted by molar-refractivity contribution is -0.137. The first kappa shape index (κ1) is 16.6. The Hall–Kier alpha value is -2.30. The molecule has 0 atom stereocenters. The number of hydrogen-bond acceptors (Lipinski definition) is 1. The summed E-state index contributed by atoms with van der Waals surface area (Å²) in [5, 5.41) is 0. The molecule has 126 valence electrons. The van der Waals surface area contributed by atoms with Crippen LogP contribution in [0.1, 0.15) is 35.2 Å². The Morgan fingerprint density at radius 2 is 1.29 bits per heavy atom. The van der Waals surface area contributed by atoms with Crippen LogP contribution >= 0.6 is 0 Å². The standard InChI is InChI=1S/C19H18F3NO/c20-19(21,22)17-10-8-15(9-11-17)14-4-6-16(7-5-14)18(24)23-12-2-1-3-13-23/h4-11H,1-3,12-13H2. The van der Waals surface area contributed by atoms with Crippen LogP contribution in [0.15, 0.2) is 48.5 Å². The Labute approximate surface area is 138 Å². The predicted molar refractivity (Wildman–Crippen MR) is 86.6 cm³/mol. The maximum atomic E-state index is 12.6. The molecule has 1 aliphatic heterocycles. The monoisotopic (exact) mass is 333 g/mol. The number of hydrogen-bond donors (Lipinski definition) is 0. The van der Waals surface area contributed by atoms with E-state index in [0.717, 1.165) is 50.0 Å². The van der Waals surface area contributed by atoms with Crippen molar-refractivity contribution < 1.29 is 18.0 Å². The Morgan fingerprint density at radius 1 is 0.792 bits per heavy atom. The molecule has 0 aliphatic carbocycles. The molecule has 0 N–H and O–H groups in total. The van der Waals surface area contributed by atoms with Crippen molar-refractivity contribution in [1.29, 1.82) is 0 Å². The summed E-state index contributed by atoms with van der Waals surface area (Å²) in [6, 6.07) is 12.1. The molecule has 2 nitrogen and oxygen atoms in total. The van der Waals surface area contributed by atoms with E-state index in [4.69, 9.17) is 0 Å². The lowest BCUT2D eigenvalue weighted by Crippen LogP contribution is -2.35. The van der Waals surface area contributed by atoms with Crippen molar-refractivity contribution in [3.05, 3.63) is 59.7 Å². The molecule has 1 amide bonds. The molecule has 1 heterocycles. The quantitative estimate of drug-likeness (QED) is 0.757. The van der Waals surface area contributed by atoms with Crippen LogP contribution in [0.4, 0.5) is 13.2 Å². The van der Waals surface area contributed by atoms with Gasteiger partial charge < -0.3 is 4.90 Å². The zero-order valence-electron chi connectivity index (χ0n) is 13.1. The van der Waals surface area contributed by atoms with Crippen LogP contribution in [0.3, 0.4) is 0 Å². The van der Waals surface area contributed by atoms with Gasteiger partial charge >= 0.3 is 6.18 Å². The molecule has 2 aromatic carbocycles. The summed E-state index contributed by atoms with van der Waals surface area (Å²) in [6.45, 7) is 1.58. The minimum absolute atomic E-state index is 0.0219. The number of carbonyl (C=O) groups is 1. The Balaban J connectivity index is 1.75. The van der Waals surface area contributed by atoms with E-state index in [-0.39, 0.29) is 5.91 Å². The summed E-state index contributed by atoms with van der Waals surface area (Å²) in [7, 11) is 0. The third kappa shape index (κ3) is 3.61. The second kappa shape index (κ2) is 6.67. The number of rotatable bonds is 2. The average Bonchev–Trinajstić information content (AvgIpc) is 2.61. The molecule has 0 aromatic heterocycles. The van der Waals surface area contributed by atoms with E-state index in [0.29, 0.717) is 11.1 Å². The summed E-state index contributed by atoms with van der Waals surface area (Å²) >= 11 is 0. The Kier molecular flexibility index (Phi) is 4.60. The molecule has 0 radical (unpaired) electrons. The highest BCUT2D eigenvalue weighted by molar-refractivity contribution is 5.94. The second-order valence-corrected chi connectivity index (χ2v) is 6.01. The van der Waals surface area contributed by atoms with E-state index in [1.54, 1.807) is 24.3 Å². The lowest BCUT2D eigenvalue weighted by atomic mass is 10.0. The molecule has 24 heavy (non-hydrogen) atoms. The SMILES string of the molecule is O=C(c1ccc(-c2ccc(C(F)(F)F)cc2)cc1)N1CCCCC1. The fourth-order valence-corrected chi connectivity index (χ4v) is 2.94. The van der Waals surface area contributed by atoms with Gasteiger partial charge in [0.1, 0.15) is 0 Å². The van der Waals surface area contributed by atoms with Crippen LogP contribution in [-0.4, -0.2) is 23.9 Å². The lowest BCUT2D eigenvalue weighted by Gasteiger charge is -2.26. The van der Waals surface area contributed by atoms with E-state index in [1.807, 2.05) is 4.90 Å². The van der Waals surface area contributed by atoms with Gasteiger partial charge in [-0.3, -0.25) is 4.79 Å². The van der Waals surface area contributed by atoms with Gasteiger partial charge in [0.15, 0.2) is 0 Å². The van der Waals surface area contributed by atoms with Gasteiger partial charge in [0, 0.05) is 18.7 Å². The van der Waals surface area contributed by atoms with Crippen molar-refractivity contribution in [1.82, 2.24) is 4.90 Å². The number of alkyl halides is 3. The van der Waals surface area contributed by atoms with Gasteiger partial charge in [0.05, 0.1) is 5.56 Å². The first-order chi connectivity index (χ1) is 11.4. The number of amides is 1. The number of likely N-dealkylation sites (tertiary alicyclic amines) is 1. The number of benzene rings is 2. The molecular weight excluding hydrogens is 315 g/mol. The fourth-order valence-electron chi connectivity index (χ4n) is 2.94. The van der Waals surface area contributed by atoms with Crippen molar-refractivity contribution in [2.24, 2.45) is 0 Å². The topological polar surface area (TPSA) is 20.3 Å². The number of nitrogens with zero attached hydrogens (tertiary/aromatic N) is 1. The maximum absolute atomic E-state index is 12.6. The van der Waals surface area contributed by atoms with Gasteiger partial charge in [-0.2, -0.15) is 13.2 Å². The van der Waals surface area contributed by atoms with Crippen molar-refractivity contribution in [2.75, 3.05) is 13.1 Å². The molecule has 0 bridgehead atoms. The zero-order valence-corrected chi connectivity index (χ0v) is 13.1. The third-order valence-electron chi connectivity index (χ3n) is 4.32. The molecule has 1 fully saturated rings. The van der Waals surface area contributed by atoms with Gasteiger partial charge in [-0.15, -0.1) is 0 Å². The van der Waals surface area contributed by atoms with Crippen LogP contribution in [0.25, 0.3) is 11.1 Å². The van der Waals surface area contributed by atoms with Crippen molar-refractivity contribution in [3.8, 4) is 11.1 Å². The van der Waals surface area contributed by atoms with Crippen molar-refractivity contribution >= 4 is 5.91 Å².